The third-order valence-electron chi connectivity index (χ3n) is 5.89. The van der Waals surface area contributed by atoms with Crippen molar-refractivity contribution in [3.63, 3.8) is 0 Å². The van der Waals surface area contributed by atoms with Crippen molar-refractivity contribution in [2.45, 2.75) is 70.1 Å². The third kappa shape index (κ3) is 2.84. The number of hydrogen-bond donors (Lipinski definition) is 1. The largest absolute Gasteiger partial charge is 0.309 e. The molecule has 0 aliphatic carbocycles. The van der Waals surface area contributed by atoms with Gasteiger partial charge >= 0.3 is 0 Å². The lowest BCUT2D eigenvalue weighted by Crippen LogP contribution is -2.55. The SMILES string of the molecule is CC1CN(C)C(C)CC1NC1CCN2CCCCC12. The number of piperidine rings is 2. The molecule has 1 N–H and O–H groups in total. The van der Waals surface area contributed by atoms with Crippen molar-refractivity contribution in [2.75, 3.05) is 26.7 Å². The van der Waals surface area contributed by atoms with Crippen LogP contribution < -0.4 is 5.32 Å². The minimum atomic E-state index is 0.734. The molecule has 3 aliphatic heterocycles. The summed E-state index contributed by atoms with van der Waals surface area (Å²) < 4.78 is 0. The highest BCUT2D eigenvalue weighted by molar-refractivity contribution is 4.97. The van der Waals surface area contributed by atoms with E-state index in [0.717, 1.165) is 30.1 Å². The van der Waals surface area contributed by atoms with Gasteiger partial charge in [-0.3, -0.25) is 4.90 Å². The van der Waals surface area contributed by atoms with Crippen LogP contribution in [0.4, 0.5) is 0 Å². The summed E-state index contributed by atoms with van der Waals surface area (Å²) >= 11 is 0. The van der Waals surface area contributed by atoms with Crippen LogP contribution in [-0.2, 0) is 0 Å². The molecule has 0 amide bonds. The van der Waals surface area contributed by atoms with Crippen molar-refractivity contribution in [2.24, 2.45) is 5.92 Å². The molecular weight excluding hydrogens is 234 g/mol. The van der Waals surface area contributed by atoms with E-state index in [9.17, 15) is 0 Å². The van der Waals surface area contributed by atoms with Crippen molar-refractivity contribution >= 4 is 0 Å². The molecular formula is C16H31N3. The van der Waals surface area contributed by atoms with Crippen LogP contribution in [0.5, 0.6) is 0 Å². The van der Waals surface area contributed by atoms with Crippen molar-refractivity contribution in [1.82, 2.24) is 15.1 Å². The molecule has 0 saturated carbocycles. The van der Waals surface area contributed by atoms with Crippen LogP contribution in [0.1, 0.15) is 46.0 Å². The molecule has 3 rings (SSSR count). The number of hydrogen-bond acceptors (Lipinski definition) is 3. The zero-order valence-corrected chi connectivity index (χ0v) is 12.9. The molecule has 3 nitrogen and oxygen atoms in total. The molecule has 0 radical (unpaired) electrons. The van der Waals surface area contributed by atoms with E-state index in [1.54, 1.807) is 0 Å². The van der Waals surface area contributed by atoms with Crippen molar-refractivity contribution in [3.8, 4) is 0 Å². The second kappa shape index (κ2) is 5.71. The first kappa shape index (κ1) is 13.8. The molecule has 5 atom stereocenters. The Balaban J connectivity index is 1.58. The lowest BCUT2D eigenvalue weighted by atomic mass is 9.88. The van der Waals surface area contributed by atoms with Crippen LogP contribution in [0.3, 0.4) is 0 Å². The van der Waals surface area contributed by atoms with E-state index in [2.05, 4.69) is 36.0 Å². The topological polar surface area (TPSA) is 18.5 Å². The molecule has 0 aromatic heterocycles. The van der Waals surface area contributed by atoms with Gasteiger partial charge in [-0.1, -0.05) is 13.3 Å². The average molecular weight is 265 g/mol. The first-order chi connectivity index (χ1) is 9.15. The summed E-state index contributed by atoms with van der Waals surface area (Å²) in [6.07, 6.45) is 6.98. The van der Waals surface area contributed by atoms with Crippen LogP contribution in [-0.4, -0.2) is 60.6 Å². The fourth-order valence-corrected chi connectivity index (χ4v) is 4.49. The summed E-state index contributed by atoms with van der Waals surface area (Å²) in [5.41, 5.74) is 0. The summed E-state index contributed by atoms with van der Waals surface area (Å²) in [6.45, 7) is 8.73. The maximum atomic E-state index is 4.05. The molecule has 3 aliphatic rings. The lowest BCUT2D eigenvalue weighted by molar-refractivity contribution is 0.105. The van der Waals surface area contributed by atoms with Crippen molar-refractivity contribution < 1.29 is 0 Å². The van der Waals surface area contributed by atoms with Gasteiger partial charge in [0, 0.05) is 37.3 Å². The Morgan fingerprint density at radius 3 is 2.68 bits per heavy atom. The minimum Gasteiger partial charge on any atom is -0.309 e. The van der Waals surface area contributed by atoms with E-state index in [-0.39, 0.29) is 0 Å². The van der Waals surface area contributed by atoms with E-state index in [0.29, 0.717) is 0 Å². The molecule has 3 heterocycles. The minimum absolute atomic E-state index is 0.734. The normalized spacial score (nSPS) is 45.3. The van der Waals surface area contributed by atoms with Crippen LogP contribution in [0.25, 0.3) is 0 Å². The number of fused-ring (bicyclic) bond motifs is 1. The molecule has 5 unspecified atom stereocenters. The van der Waals surface area contributed by atoms with Crippen LogP contribution in [0, 0.1) is 5.92 Å². The molecule has 0 bridgehead atoms. The van der Waals surface area contributed by atoms with Gasteiger partial charge in [-0.2, -0.15) is 0 Å². The molecule has 19 heavy (non-hydrogen) atoms. The Bertz CT molecular complexity index is 306. The lowest BCUT2D eigenvalue weighted by Gasteiger charge is -2.42. The fourth-order valence-electron chi connectivity index (χ4n) is 4.49. The Hall–Kier alpha value is -0.120. The Labute approximate surface area is 118 Å². The number of likely N-dealkylation sites (tertiary alicyclic amines) is 1. The standard InChI is InChI=1S/C16H31N3/c1-12-11-18(3)13(2)10-15(12)17-14-7-9-19-8-5-4-6-16(14)19/h12-17H,4-11H2,1-3H3. The van der Waals surface area contributed by atoms with Gasteiger partial charge in [-0.15, -0.1) is 0 Å². The average Bonchev–Trinajstić information content (AvgIpc) is 2.80. The van der Waals surface area contributed by atoms with E-state index < -0.39 is 0 Å². The highest BCUT2D eigenvalue weighted by atomic mass is 15.2. The second-order valence-electron chi connectivity index (χ2n) is 7.27. The number of nitrogens with one attached hydrogen (secondary N) is 1. The van der Waals surface area contributed by atoms with Gasteiger partial charge in [0.2, 0.25) is 0 Å². The quantitative estimate of drug-likeness (QED) is 0.823. The van der Waals surface area contributed by atoms with Gasteiger partial charge < -0.3 is 10.2 Å². The summed E-state index contributed by atoms with van der Waals surface area (Å²) in [6, 6.07) is 3.08. The zero-order valence-electron chi connectivity index (χ0n) is 12.9. The summed E-state index contributed by atoms with van der Waals surface area (Å²) in [4.78, 5) is 5.26. The van der Waals surface area contributed by atoms with Gasteiger partial charge in [-0.05, 0) is 52.1 Å². The van der Waals surface area contributed by atoms with Gasteiger partial charge in [0.15, 0.2) is 0 Å². The first-order valence-electron chi connectivity index (χ1n) is 8.35. The van der Waals surface area contributed by atoms with Gasteiger partial charge in [-0.25, -0.2) is 0 Å². The predicted octanol–water partition coefficient (Wildman–Crippen LogP) is 1.93. The van der Waals surface area contributed by atoms with Crippen LogP contribution >= 0.6 is 0 Å². The van der Waals surface area contributed by atoms with E-state index >= 15 is 0 Å². The molecule has 3 fully saturated rings. The van der Waals surface area contributed by atoms with E-state index in [4.69, 9.17) is 0 Å². The Kier molecular flexibility index (Phi) is 4.16. The van der Waals surface area contributed by atoms with Crippen molar-refractivity contribution in [3.05, 3.63) is 0 Å². The first-order valence-corrected chi connectivity index (χ1v) is 8.35. The highest BCUT2D eigenvalue weighted by Gasteiger charge is 2.38. The van der Waals surface area contributed by atoms with Gasteiger partial charge in [0.1, 0.15) is 0 Å². The van der Waals surface area contributed by atoms with Gasteiger partial charge in [0.05, 0.1) is 0 Å². The number of nitrogens with zero attached hydrogens (tertiary/aromatic N) is 2. The summed E-state index contributed by atoms with van der Waals surface area (Å²) in [7, 11) is 2.27. The maximum absolute atomic E-state index is 4.05. The number of rotatable bonds is 2. The maximum Gasteiger partial charge on any atom is 0.0249 e. The predicted molar refractivity (Wildman–Crippen MR) is 80.4 cm³/mol. The monoisotopic (exact) mass is 265 g/mol. The molecule has 0 aromatic carbocycles. The highest BCUT2D eigenvalue weighted by Crippen LogP contribution is 2.29. The van der Waals surface area contributed by atoms with Crippen LogP contribution in [0.15, 0.2) is 0 Å². The Morgan fingerprint density at radius 2 is 1.84 bits per heavy atom. The molecule has 3 saturated heterocycles. The van der Waals surface area contributed by atoms with Crippen LogP contribution in [0.2, 0.25) is 0 Å². The molecule has 0 spiro atoms. The Morgan fingerprint density at radius 1 is 1.00 bits per heavy atom. The molecule has 0 aromatic rings. The molecule has 3 heteroatoms. The van der Waals surface area contributed by atoms with Crippen molar-refractivity contribution in [1.29, 1.82) is 0 Å². The van der Waals surface area contributed by atoms with E-state index in [1.807, 2.05) is 0 Å². The zero-order chi connectivity index (χ0) is 13.4. The van der Waals surface area contributed by atoms with E-state index in [1.165, 1.54) is 51.7 Å². The van der Waals surface area contributed by atoms with Gasteiger partial charge in [0.25, 0.3) is 0 Å². The molecule has 110 valence electrons. The second-order valence-corrected chi connectivity index (χ2v) is 7.27. The smallest absolute Gasteiger partial charge is 0.0249 e. The summed E-state index contributed by atoms with van der Waals surface area (Å²) in [5.74, 6) is 0.791. The summed E-state index contributed by atoms with van der Waals surface area (Å²) in [5, 5.41) is 4.05. The third-order valence-corrected chi connectivity index (χ3v) is 5.89. The fraction of sp³-hybridized carbons (Fsp3) is 1.00.